The van der Waals surface area contributed by atoms with Crippen LogP contribution in [0.4, 0.5) is 0 Å². The van der Waals surface area contributed by atoms with Crippen LogP contribution in [0.25, 0.3) is 0 Å². The highest BCUT2D eigenvalue weighted by Gasteiger charge is 2.33. The van der Waals surface area contributed by atoms with E-state index in [9.17, 15) is 9.59 Å². The molecule has 1 aliphatic heterocycles. The Hall–Kier alpha value is -2.67. The van der Waals surface area contributed by atoms with Crippen molar-refractivity contribution in [2.24, 2.45) is 0 Å². The molecule has 0 spiro atoms. The molecule has 1 aliphatic rings. The number of hydrogen-bond donors (Lipinski definition) is 1. The number of rotatable bonds is 7. The fourth-order valence-corrected chi connectivity index (χ4v) is 3.60. The largest absolute Gasteiger partial charge is 0.358 e. The number of likely N-dealkylation sites (N-methyl/N-ethyl adjacent to an activating group) is 1. The molecule has 0 aliphatic carbocycles. The van der Waals surface area contributed by atoms with Gasteiger partial charge in [-0.2, -0.15) is 5.10 Å². The number of aromatic nitrogens is 2. The van der Waals surface area contributed by atoms with Gasteiger partial charge in [-0.15, -0.1) is 0 Å². The number of carbonyl (C=O) groups is 2. The van der Waals surface area contributed by atoms with Gasteiger partial charge in [-0.05, 0) is 25.0 Å². The second kappa shape index (κ2) is 9.50. The smallest absolute Gasteiger partial charge is 0.238 e. The Bertz CT molecular complexity index is 789. The number of piperazine rings is 1. The van der Waals surface area contributed by atoms with E-state index < -0.39 is 0 Å². The van der Waals surface area contributed by atoms with Crippen LogP contribution in [0.5, 0.6) is 0 Å². The lowest BCUT2D eigenvalue weighted by atomic mass is 10.1. The Morgan fingerprint density at radius 3 is 2.61 bits per heavy atom. The van der Waals surface area contributed by atoms with Gasteiger partial charge in [-0.25, -0.2) is 0 Å². The van der Waals surface area contributed by atoms with Crippen LogP contribution in [0.15, 0.2) is 42.6 Å². The zero-order valence-corrected chi connectivity index (χ0v) is 16.7. The lowest BCUT2D eigenvalue weighted by molar-refractivity contribution is -0.138. The third-order valence-electron chi connectivity index (χ3n) is 5.25. The topological polar surface area (TPSA) is 70.5 Å². The first kappa shape index (κ1) is 20.1. The van der Waals surface area contributed by atoms with Crippen molar-refractivity contribution >= 4 is 11.8 Å². The molecule has 7 heteroatoms. The van der Waals surface area contributed by atoms with Crippen molar-refractivity contribution in [1.29, 1.82) is 0 Å². The summed E-state index contributed by atoms with van der Waals surface area (Å²) >= 11 is 0. The summed E-state index contributed by atoms with van der Waals surface area (Å²) in [5.41, 5.74) is 2.20. The Kier molecular flexibility index (Phi) is 6.81. The summed E-state index contributed by atoms with van der Waals surface area (Å²) in [7, 11) is 1.65. The average molecular weight is 383 g/mol. The van der Waals surface area contributed by atoms with E-state index in [-0.39, 0.29) is 17.9 Å². The summed E-state index contributed by atoms with van der Waals surface area (Å²) < 4.78 is 1.79. The first-order valence-corrected chi connectivity index (χ1v) is 9.84. The maximum Gasteiger partial charge on any atom is 0.238 e. The van der Waals surface area contributed by atoms with Crippen LogP contribution in [0.2, 0.25) is 0 Å². The Labute approximate surface area is 166 Å². The van der Waals surface area contributed by atoms with Crippen molar-refractivity contribution in [3.05, 3.63) is 53.9 Å². The first-order chi connectivity index (χ1) is 13.6. The number of benzene rings is 1. The van der Waals surface area contributed by atoms with Crippen LogP contribution in [0.1, 0.15) is 17.7 Å². The third kappa shape index (κ3) is 5.19. The molecule has 1 atom stereocenters. The minimum absolute atomic E-state index is 0.0340. The van der Waals surface area contributed by atoms with Crippen molar-refractivity contribution in [3.8, 4) is 0 Å². The molecule has 1 aromatic carbocycles. The van der Waals surface area contributed by atoms with Crippen LogP contribution in [-0.4, -0.2) is 70.7 Å². The fourth-order valence-electron chi connectivity index (χ4n) is 3.60. The van der Waals surface area contributed by atoms with Gasteiger partial charge in [0, 0.05) is 52.4 Å². The van der Waals surface area contributed by atoms with Crippen molar-refractivity contribution in [3.63, 3.8) is 0 Å². The zero-order chi connectivity index (χ0) is 19.9. The minimum atomic E-state index is -0.307. The van der Waals surface area contributed by atoms with E-state index in [4.69, 9.17) is 0 Å². The lowest BCUT2D eigenvalue weighted by Gasteiger charge is -2.40. The maximum atomic E-state index is 12.7. The highest BCUT2D eigenvalue weighted by molar-refractivity contribution is 5.83. The second-order valence-electron chi connectivity index (χ2n) is 7.21. The molecule has 0 bridgehead atoms. The zero-order valence-electron chi connectivity index (χ0n) is 16.7. The summed E-state index contributed by atoms with van der Waals surface area (Å²) in [5.74, 6) is 0.0398. The molecule has 1 fully saturated rings. The number of nitrogens with one attached hydrogen (secondary N) is 1. The van der Waals surface area contributed by atoms with Gasteiger partial charge < -0.3 is 10.2 Å². The van der Waals surface area contributed by atoms with Gasteiger partial charge in [0.05, 0.1) is 5.69 Å². The number of aryl methyl sites for hydroxylation is 2. The second-order valence-corrected chi connectivity index (χ2v) is 7.21. The van der Waals surface area contributed by atoms with E-state index in [0.717, 1.165) is 18.7 Å². The highest BCUT2D eigenvalue weighted by Crippen LogP contribution is 2.13. The summed E-state index contributed by atoms with van der Waals surface area (Å²) in [6.45, 7) is 5.09. The summed E-state index contributed by atoms with van der Waals surface area (Å²) in [4.78, 5) is 29.1. The minimum Gasteiger partial charge on any atom is -0.358 e. The molecule has 0 saturated carbocycles. The molecule has 3 rings (SSSR count). The van der Waals surface area contributed by atoms with Crippen molar-refractivity contribution < 1.29 is 9.59 Å². The van der Waals surface area contributed by atoms with Gasteiger partial charge in [0.25, 0.3) is 0 Å². The van der Waals surface area contributed by atoms with E-state index >= 15 is 0 Å². The van der Waals surface area contributed by atoms with Gasteiger partial charge in [0.15, 0.2) is 0 Å². The van der Waals surface area contributed by atoms with Crippen LogP contribution < -0.4 is 5.32 Å². The molecule has 2 amide bonds. The number of hydrogen-bond acceptors (Lipinski definition) is 4. The predicted octanol–water partition coefficient (Wildman–Crippen LogP) is 1.08. The molecule has 2 aromatic rings. The normalized spacial score (nSPS) is 17.5. The van der Waals surface area contributed by atoms with Crippen molar-refractivity contribution in [2.45, 2.75) is 32.4 Å². The Morgan fingerprint density at radius 2 is 1.93 bits per heavy atom. The molecule has 1 N–H and O–H groups in total. The Balaban J connectivity index is 1.56. The molecule has 7 nitrogen and oxygen atoms in total. The third-order valence-corrected chi connectivity index (χ3v) is 5.25. The monoisotopic (exact) mass is 383 g/mol. The maximum absolute atomic E-state index is 12.7. The molecule has 1 saturated heterocycles. The fraction of sp³-hybridized carbons (Fsp3) is 0.476. The molecule has 0 unspecified atom stereocenters. The molecule has 0 radical (unpaired) electrons. The van der Waals surface area contributed by atoms with Crippen LogP contribution >= 0.6 is 0 Å². The number of amides is 2. The molecule has 1 aromatic heterocycles. The number of carbonyl (C=O) groups excluding carboxylic acids is 2. The van der Waals surface area contributed by atoms with Gasteiger partial charge in [0.1, 0.15) is 6.04 Å². The first-order valence-electron chi connectivity index (χ1n) is 9.84. The van der Waals surface area contributed by atoms with Crippen molar-refractivity contribution in [2.75, 3.05) is 33.2 Å². The average Bonchev–Trinajstić information content (AvgIpc) is 3.15. The van der Waals surface area contributed by atoms with E-state index in [1.807, 2.05) is 42.3 Å². The van der Waals surface area contributed by atoms with Crippen LogP contribution in [-0.2, 0) is 22.6 Å². The van der Waals surface area contributed by atoms with E-state index in [1.165, 1.54) is 5.56 Å². The molecular formula is C21H29N5O2. The summed E-state index contributed by atoms with van der Waals surface area (Å²) in [6.07, 6.45) is 3.17. The molecule has 150 valence electrons. The quantitative estimate of drug-likeness (QED) is 0.777. The lowest BCUT2D eigenvalue weighted by Crippen LogP contribution is -2.60. The van der Waals surface area contributed by atoms with Gasteiger partial charge in [0.2, 0.25) is 11.8 Å². The standard InChI is InChI=1S/C21H29N5O2/c1-17-8-12-26(23-17)13-10-20(27)25-15-14-24(19(16-25)21(28)22-2)11-9-18-6-4-3-5-7-18/h3-8,12,19H,9-11,13-16H2,1-2H3,(H,22,28)/t19-/m0/s1. The van der Waals surface area contributed by atoms with Crippen LogP contribution in [0, 0.1) is 6.92 Å². The van der Waals surface area contributed by atoms with Gasteiger partial charge >= 0.3 is 0 Å². The molecule has 28 heavy (non-hydrogen) atoms. The van der Waals surface area contributed by atoms with Gasteiger partial charge in [-0.1, -0.05) is 30.3 Å². The molecular weight excluding hydrogens is 354 g/mol. The summed E-state index contributed by atoms with van der Waals surface area (Å²) in [5, 5.41) is 7.07. The Morgan fingerprint density at radius 1 is 1.14 bits per heavy atom. The van der Waals surface area contributed by atoms with Crippen LogP contribution in [0.3, 0.4) is 0 Å². The van der Waals surface area contributed by atoms with Gasteiger partial charge in [-0.3, -0.25) is 19.2 Å². The van der Waals surface area contributed by atoms with E-state index in [1.54, 1.807) is 11.7 Å². The molecule has 2 heterocycles. The van der Waals surface area contributed by atoms with Crippen molar-refractivity contribution in [1.82, 2.24) is 24.9 Å². The summed E-state index contributed by atoms with van der Waals surface area (Å²) in [6, 6.07) is 11.9. The predicted molar refractivity (Wildman–Crippen MR) is 108 cm³/mol. The van der Waals surface area contributed by atoms with E-state index in [0.29, 0.717) is 32.6 Å². The highest BCUT2D eigenvalue weighted by atomic mass is 16.2. The number of nitrogens with zero attached hydrogens (tertiary/aromatic N) is 4. The van der Waals surface area contributed by atoms with E-state index in [2.05, 4.69) is 27.4 Å². The SMILES string of the molecule is CNC(=O)[C@@H]1CN(C(=O)CCn2ccc(C)n2)CCN1CCc1ccccc1.